The second-order valence-corrected chi connectivity index (χ2v) is 10.6. The minimum absolute atomic E-state index is 0.00103. The zero-order valence-corrected chi connectivity index (χ0v) is 17.4. The average molecular weight is 436 g/mol. The second kappa shape index (κ2) is 7.42. The number of rotatable bonds is 3. The molecular weight excluding hydrogens is 418 g/mol. The molecule has 6 nitrogen and oxygen atoms in total. The number of benzene rings is 2. The Hall–Kier alpha value is -2.03. The summed E-state index contributed by atoms with van der Waals surface area (Å²) in [6.45, 7) is 1.90. The second-order valence-electron chi connectivity index (χ2n) is 6.86. The van der Waals surface area contributed by atoms with Crippen molar-refractivity contribution in [1.82, 2.24) is 0 Å². The van der Waals surface area contributed by atoms with E-state index in [2.05, 4.69) is 15.6 Å². The monoisotopic (exact) mass is 435 g/mol. The van der Waals surface area contributed by atoms with Crippen LogP contribution in [-0.4, -0.2) is 42.3 Å². The predicted octanol–water partition coefficient (Wildman–Crippen LogP) is 3.58. The van der Waals surface area contributed by atoms with Crippen LogP contribution in [0.25, 0.3) is 0 Å². The lowest BCUT2D eigenvalue weighted by Gasteiger charge is -2.09. The molecule has 2 heterocycles. The van der Waals surface area contributed by atoms with Crippen LogP contribution in [0.5, 0.6) is 0 Å². The maximum Gasteiger partial charge on any atom is 0.255 e. The SMILES string of the molecule is Cc1ccc(NC(=O)c2ccc(NC3=N[C@H]4CS(=O)(=O)C[C@@H]4S3)cc2)cc1Cl. The van der Waals surface area contributed by atoms with Gasteiger partial charge in [-0.05, 0) is 48.9 Å². The highest BCUT2D eigenvalue weighted by Crippen LogP contribution is 2.34. The molecular formula is C19H18ClN3O3S2. The number of hydrogen-bond donors (Lipinski definition) is 2. The van der Waals surface area contributed by atoms with Crippen molar-refractivity contribution in [3.8, 4) is 0 Å². The van der Waals surface area contributed by atoms with Crippen molar-refractivity contribution in [3.63, 3.8) is 0 Å². The Kier molecular flexibility index (Phi) is 5.11. The number of sulfone groups is 1. The molecule has 0 spiro atoms. The number of amides is 1. The smallest absolute Gasteiger partial charge is 0.255 e. The van der Waals surface area contributed by atoms with Gasteiger partial charge in [-0.15, -0.1) is 0 Å². The highest BCUT2D eigenvalue weighted by molar-refractivity contribution is 8.15. The van der Waals surface area contributed by atoms with Gasteiger partial charge >= 0.3 is 0 Å². The van der Waals surface area contributed by atoms with E-state index in [0.717, 1.165) is 16.4 Å². The Morgan fingerprint density at radius 1 is 1.14 bits per heavy atom. The summed E-state index contributed by atoms with van der Waals surface area (Å²) in [5.74, 6) is 0.0794. The number of hydrogen-bond acceptors (Lipinski definition) is 6. The lowest BCUT2D eigenvalue weighted by atomic mass is 10.1. The van der Waals surface area contributed by atoms with Crippen LogP contribution in [-0.2, 0) is 9.84 Å². The van der Waals surface area contributed by atoms with Gasteiger partial charge in [0.25, 0.3) is 5.91 Å². The molecule has 28 heavy (non-hydrogen) atoms. The molecule has 2 atom stereocenters. The van der Waals surface area contributed by atoms with Crippen molar-refractivity contribution in [2.75, 3.05) is 22.1 Å². The van der Waals surface area contributed by atoms with E-state index in [-0.39, 0.29) is 28.7 Å². The molecule has 2 aliphatic heterocycles. The minimum atomic E-state index is -2.96. The number of aliphatic imine (C=N–C) groups is 1. The molecule has 2 aromatic carbocycles. The van der Waals surface area contributed by atoms with Crippen molar-refractivity contribution in [2.45, 2.75) is 18.2 Å². The third-order valence-electron chi connectivity index (χ3n) is 4.65. The first-order valence-electron chi connectivity index (χ1n) is 8.68. The Morgan fingerprint density at radius 3 is 2.54 bits per heavy atom. The maximum absolute atomic E-state index is 12.4. The molecule has 0 unspecified atom stereocenters. The molecule has 1 fully saturated rings. The number of anilines is 2. The quantitative estimate of drug-likeness (QED) is 0.769. The first-order valence-corrected chi connectivity index (χ1v) is 11.8. The van der Waals surface area contributed by atoms with E-state index in [9.17, 15) is 13.2 Å². The topological polar surface area (TPSA) is 87.6 Å². The van der Waals surface area contributed by atoms with Crippen LogP contribution < -0.4 is 10.6 Å². The number of fused-ring (bicyclic) bond motifs is 1. The Bertz CT molecular complexity index is 1070. The fraction of sp³-hybridized carbons (Fsp3) is 0.263. The standard InChI is InChI=1S/C19H18ClN3O3S2/c1-11-2-5-14(8-15(11)20)21-18(24)12-3-6-13(7-4-12)22-19-23-16-9-28(25,26)10-17(16)27-19/h2-8,16-17H,9-10H2,1H3,(H,21,24)(H,22,23)/t16-,17-/m0/s1. The molecule has 0 radical (unpaired) electrons. The molecule has 2 N–H and O–H groups in total. The summed E-state index contributed by atoms with van der Waals surface area (Å²) in [4.78, 5) is 16.9. The number of carbonyl (C=O) groups is 1. The maximum atomic E-state index is 12.4. The first kappa shape index (κ1) is 19.3. The molecule has 1 amide bonds. The summed E-state index contributed by atoms with van der Waals surface area (Å²) < 4.78 is 23.3. The van der Waals surface area contributed by atoms with Crippen LogP contribution in [0.3, 0.4) is 0 Å². The van der Waals surface area contributed by atoms with Gasteiger partial charge in [0.2, 0.25) is 0 Å². The van der Waals surface area contributed by atoms with Gasteiger partial charge < -0.3 is 10.6 Å². The van der Waals surface area contributed by atoms with Crippen LogP contribution >= 0.6 is 23.4 Å². The number of thioether (sulfide) groups is 1. The van der Waals surface area contributed by atoms with E-state index >= 15 is 0 Å². The molecule has 0 bridgehead atoms. The Labute approximate surface area is 172 Å². The molecule has 146 valence electrons. The number of nitrogens with one attached hydrogen (secondary N) is 2. The van der Waals surface area contributed by atoms with E-state index in [0.29, 0.717) is 16.3 Å². The zero-order valence-electron chi connectivity index (χ0n) is 15.0. The molecule has 0 aromatic heterocycles. The molecule has 4 rings (SSSR count). The predicted molar refractivity (Wildman–Crippen MR) is 115 cm³/mol. The largest absolute Gasteiger partial charge is 0.335 e. The van der Waals surface area contributed by atoms with Gasteiger partial charge in [0.1, 0.15) is 0 Å². The van der Waals surface area contributed by atoms with Gasteiger partial charge in [0.05, 0.1) is 17.5 Å². The highest BCUT2D eigenvalue weighted by atomic mass is 35.5. The third kappa shape index (κ3) is 4.19. The molecule has 2 aromatic rings. The first-order chi connectivity index (χ1) is 13.3. The average Bonchev–Trinajstić information content (AvgIpc) is 3.11. The van der Waals surface area contributed by atoms with E-state index in [1.54, 1.807) is 30.3 Å². The van der Waals surface area contributed by atoms with Gasteiger partial charge in [0.15, 0.2) is 15.0 Å². The number of carbonyl (C=O) groups excluding carboxylic acids is 1. The van der Waals surface area contributed by atoms with E-state index in [4.69, 9.17) is 11.6 Å². The third-order valence-corrected chi connectivity index (χ3v) is 8.20. The van der Waals surface area contributed by atoms with Crippen LogP contribution in [0.1, 0.15) is 15.9 Å². The van der Waals surface area contributed by atoms with E-state index in [1.165, 1.54) is 11.8 Å². The summed E-state index contributed by atoms with van der Waals surface area (Å²) in [7, 11) is -2.96. The fourth-order valence-corrected chi connectivity index (χ4v) is 6.97. The van der Waals surface area contributed by atoms with Crippen molar-refractivity contribution in [3.05, 3.63) is 58.6 Å². The summed E-state index contributed by atoms with van der Waals surface area (Å²) in [5.41, 5.74) is 2.90. The lowest BCUT2D eigenvalue weighted by molar-refractivity contribution is 0.102. The number of nitrogens with zero attached hydrogens (tertiary/aromatic N) is 1. The van der Waals surface area contributed by atoms with E-state index < -0.39 is 9.84 Å². The van der Waals surface area contributed by atoms with Crippen molar-refractivity contribution in [2.24, 2.45) is 4.99 Å². The van der Waals surface area contributed by atoms with Crippen molar-refractivity contribution >= 4 is 55.6 Å². The minimum Gasteiger partial charge on any atom is -0.335 e. The zero-order chi connectivity index (χ0) is 19.9. The molecule has 0 saturated carbocycles. The van der Waals surface area contributed by atoms with Gasteiger partial charge in [-0.3, -0.25) is 9.79 Å². The lowest BCUT2D eigenvalue weighted by Crippen LogP contribution is -2.13. The number of amidine groups is 1. The van der Waals surface area contributed by atoms with Crippen LogP contribution in [0.2, 0.25) is 5.02 Å². The van der Waals surface area contributed by atoms with Gasteiger partial charge in [-0.1, -0.05) is 29.4 Å². The molecule has 0 aliphatic carbocycles. The fourth-order valence-electron chi connectivity index (χ4n) is 3.12. The Balaban J connectivity index is 1.39. The molecule has 2 aliphatic rings. The van der Waals surface area contributed by atoms with E-state index in [1.807, 2.05) is 19.1 Å². The summed E-state index contributed by atoms with van der Waals surface area (Å²) in [6, 6.07) is 12.3. The summed E-state index contributed by atoms with van der Waals surface area (Å²) >= 11 is 7.55. The molecule has 9 heteroatoms. The van der Waals surface area contributed by atoms with Crippen molar-refractivity contribution in [1.29, 1.82) is 0 Å². The molecule has 1 saturated heterocycles. The highest BCUT2D eigenvalue weighted by Gasteiger charge is 2.42. The Morgan fingerprint density at radius 2 is 1.86 bits per heavy atom. The van der Waals surface area contributed by atoms with Crippen LogP contribution in [0.4, 0.5) is 11.4 Å². The normalized spacial score (nSPS) is 22.4. The number of aryl methyl sites for hydroxylation is 1. The van der Waals surface area contributed by atoms with Gasteiger partial charge in [-0.2, -0.15) is 0 Å². The van der Waals surface area contributed by atoms with Crippen molar-refractivity contribution < 1.29 is 13.2 Å². The summed E-state index contributed by atoms with van der Waals surface area (Å²) in [6.07, 6.45) is 0. The van der Waals surface area contributed by atoms with Gasteiger partial charge in [-0.25, -0.2) is 8.42 Å². The number of halogens is 1. The van der Waals surface area contributed by atoms with Crippen LogP contribution in [0, 0.1) is 6.92 Å². The van der Waals surface area contributed by atoms with Crippen LogP contribution in [0.15, 0.2) is 47.5 Å². The van der Waals surface area contributed by atoms with Gasteiger partial charge in [0, 0.05) is 27.2 Å². The summed E-state index contributed by atoms with van der Waals surface area (Å²) in [5, 5.41) is 7.34.